The number of rotatable bonds is 39. The lowest BCUT2D eigenvalue weighted by Gasteiger charge is -2.18. The van der Waals surface area contributed by atoms with E-state index in [4.69, 9.17) is 14.2 Å². The summed E-state index contributed by atoms with van der Waals surface area (Å²) >= 11 is 0. The predicted molar refractivity (Wildman–Crippen MR) is 219 cm³/mol. The first-order chi connectivity index (χ1) is 25.5. The minimum atomic E-state index is -0.775. The van der Waals surface area contributed by atoms with Crippen molar-refractivity contribution in [3.05, 3.63) is 36.5 Å². The predicted octanol–water partition coefficient (Wildman–Crippen LogP) is 13.8. The zero-order chi connectivity index (χ0) is 38.0. The molecule has 0 spiro atoms. The van der Waals surface area contributed by atoms with Crippen LogP contribution in [0.3, 0.4) is 0 Å². The third-order valence-corrected chi connectivity index (χ3v) is 9.37. The molecule has 1 unspecified atom stereocenters. The van der Waals surface area contributed by atoms with Crippen LogP contribution in [-0.4, -0.2) is 37.2 Å². The van der Waals surface area contributed by atoms with E-state index in [2.05, 4.69) is 57.2 Å². The third kappa shape index (κ3) is 38.9. The first kappa shape index (κ1) is 49.6. The van der Waals surface area contributed by atoms with Crippen molar-refractivity contribution in [2.24, 2.45) is 0 Å². The first-order valence-corrected chi connectivity index (χ1v) is 22.0. The fraction of sp³-hybridized carbons (Fsp3) is 0.804. The maximum absolute atomic E-state index is 12.7. The average molecular weight is 731 g/mol. The van der Waals surface area contributed by atoms with Crippen molar-refractivity contribution in [2.45, 2.75) is 226 Å². The molecule has 0 radical (unpaired) electrons. The van der Waals surface area contributed by atoms with Crippen molar-refractivity contribution in [2.75, 3.05) is 13.2 Å². The number of hydrogen-bond donors (Lipinski definition) is 0. The Morgan fingerprint density at radius 3 is 1.13 bits per heavy atom. The minimum Gasteiger partial charge on any atom is -0.462 e. The van der Waals surface area contributed by atoms with E-state index in [9.17, 15) is 14.4 Å². The maximum atomic E-state index is 12.7. The molecule has 0 aromatic carbocycles. The van der Waals surface area contributed by atoms with E-state index in [0.717, 1.165) is 89.9 Å². The number of unbranched alkanes of at least 4 members (excludes halogenated alkanes) is 22. The third-order valence-electron chi connectivity index (χ3n) is 9.37. The van der Waals surface area contributed by atoms with Crippen molar-refractivity contribution in [1.82, 2.24) is 0 Å². The quantitative estimate of drug-likeness (QED) is 0.0271. The van der Waals surface area contributed by atoms with E-state index in [1.165, 1.54) is 89.9 Å². The van der Waals surface area contributed by atoms with Crippen LogP contribution in [0.1, 0.15) is 220 Å². The highest BCUT2D eigenvalue weighted by Crippen LogP contribution is 2.13. The lowest BCUT2D eigenvalue weighted by Crippen LogP contribution is -2.30. The van der Waals surface area contributed by atoms with Crippen LogP contribution >= 0.6 is 0 Å². The van der Waals surface area contributed by atoms with Crippen molar-refractivity contribution in [1.29, 1.82) is 0 Å². The molecule has 0 amide bonds. The van der Waals surface area contributed by atoms with Crippen LogP contribution in [0.25, 0.3) is 0 Å². The molecule has 0 aliphatic heterocycles. The monoisotopic (exact) mass is 731 g/mol. The molecule has 302 valence electrons. The Kier molecular flexibility index (Phi) is 39.5. The Morgan fingerprint density at radius 1 is 0.385 bits per heavy atom. The number of allylic oxidation sites excluding steroid dienone is 6. The average Bonchev–Trinajstić information content (AvgIpc) is 3.14. The Labute approximate surface area is 321 Å². The highest BCUT2D eigenvalue weighted by Gasteiger charge is 2.19. The molecule has 0 N–H and O–H groups in total. The van der Waals surface area contributed by atoms with Gasteiger partial charge >= 0.3 is 17.9 Å². The number of carbonyl (C=O) groups is 3. The van der Waals surface area contributed by atoms with E-state index < -0.39 is 6.10 Å². The van der Waals surface area contributed by atoms with Gasteiger partial charge in [0.25, 0.3) is 0 Å². The number of esters is 3. The van der Waals surface area contributed by atoms with E-state index in [1.807, 2.05) is 0 Å². The molecule has 0 aliphatic rings. The molecule has 0 aliphatic carbocycles. The summed E-state index contributed by atoms with van der Waals surface area (Å²) < 4.78 is 16.6. The number of carbonyl (C=O) groups excluding carboxylic acids is 3. The molecule has 0 saturated heterocycles. The lowest BCUT2D eigenvalue weighted by molar-refractivity contribution is -0.167. The first-order valence-electron chi connectivity index (χ1n) is 22.0. The Morgan fingerprint density at radius 2 is 0.712 bits per heavy atom. The molecule has 6 heteroatoms. The van der Waals surface area contributed by atoms with Gasteiger partial charge < -0.3 is 14.2 Å². The van der Waals surface area contributed by atoms with Gasteiger partial charge in [-0.25, -0.2) is 0 Å². The summed E-state index contributed by atoms with van der Waals surface area (Å²) in [4.78, 5) is 37.6. The van der Waals surface area contributed by atoms with E-state index in [0.29, 0.717) is 19.3 Å². The summed E-state index contributed by atoms with van der Waals surface area (Å²) in [7, 11) is 0. The number of ether oxygens (including phenoxy) is 3. The minimum absolute atomic E-state index is 0.0787. The van der Waals surface area contributed by atoms with Gasteiger partial charge in [0.05, 0.1) is 0 Å². The zero-order valence-electron chi connectivity index (χ0n) is 34.3. The largest absolute Gasteiger partial charge is 0.462 e. The van der Waals surface area contributed by atoms with Crippen LogP contribution in [0.15, 0.2) is 36.5 Å². The van der Waals surface area contributed by atoms with Crippen LogP contribution in [0.5, 0.6) is 0 Å². The topological polar surface area (TPSA) is 78.9 Å². The molecule has 1 atom stereocenters. The van der Waals surface area contributed by atoms with Gasteiger partial charge in [-0.05, 0) is 64.2 Å². The van der Waals surface area contributed by atoms with Crippen LogP contribution in [0, 0.1) is 0 Å². The van der Waals surface area contributed by atoms with Gasteiger partial charge in [0.2, 0.25) is 0 Å². The fourth-order valence-corrected chi connectivity index (χ4v) is 5.97. The standard InChI is InChI=1S/C46H82O6/c1-4-7-10-13-16-19-21-22-23-25-27-30-33-36-39-45(48)51-42-43(41-50-44(47)38-35-32-29-26-18-15-12-9-6-3)52-46(49)40-37-34-31-28-24-20-17-14-11-8-5-2/h13-14,16-17,21-22,43H,4-12,15,18-20,23-42H2,1-3H3/b16-13-,17-14-,22-21-. The number of hydrogen-bond acceptors (Lipinski definition) is 6. The van der Waals surface area contributed by atoms with Gasteiger partial charge in [-0.3, -0.25) is 14.4 Å². The van der Waals surface area contributed by atoms with Crippen molar-refractivity contribution in [3.63, 3.8) is 0 Å². The molecule has 0 heterocycles. The summed E-state index contributed by atoms with van der Waals surface area (Å²) in [6.07, 6.45) is 45.5. The molecule has 52 heavy (non-hydrogen) atoms. The summed E-state index contributed by atoms with van der Waals surface area (Å²) in [6, 6.07) is 0. The highest BCUT2D eigenvalue weighted by atomic mass is 16.6. The van der Waals surface area contributed by atoms with Gasteiger partial charge in [-0.2, -0.15) is 0 Å². The lowest BCUT2D eigenvalue weighted by atomic mass is 10.1. The van der Waals surface area contributed by atoms with Gasteiger partial charge in [0.1, 0.15) is 13.2 Å². The Bertz CT molecular complexity index is 891. The molecular formula is C46H82O6. The van der Waals surface area contributed by atoms with Crippen LogP contribution in [0.2, 0.25) is 0 Å². The van der Waals surface area contributed by atoms with Crippen molar-refractivity contribution < 1.29 is 28.6 Å². The summed E-state index contributed by atoms with van der Waals surface area (Å²) in [5.74, 6) is -0.907. The molecule has 0 aromatic rings. The summed E-state index contributed by atoms with van der Waals surface area (Å²) in [6.45, 7) is 6.51. The molecule has 0 bridgehead atoms. The summed E-state index contributed by atoms with van der Waals surface area (Å²) in [5, 5.41) is 0. The maximum Gasteiger partial charge on any atom is 0.306 e. The van der Waals surface area contributed by atoms with Gasteiger partial charge in [-0.15, -0.1) is 0 Å². The molecule has 6 nitrogen and oxygen atoms in total. The zero-order valence-corrected chi connectivity index (χ0v) is 34.3. The molecule has 0 fully saturated rings. The molecule has 0 rings (SSSR count). The second-order valence-electron chi connectivity index (χ2n) is 14.6. The molecule has 0 saturated carbocycles. The second kappa shape index (κ2) is 41.4. The van der Waals surface area contributed by atoms with Crippen LogP contribution in [0.4, 0.5) is 0 Å². The fourth-order valence-electron chi connectivity index (χ4n) is 5.97. The molecular weight excluding hydrogens is 648 g/mol. The second-order valence-corrected chi connectivity index (χ2v) is 14.6. The van der Waals surface area contributed by atoms with E-state index >= 15 is 0 Å². The Hall–Kier alpha value is -2.37. The van der Waals surface area contributed by atoms with Crippen molar-refractivity contribution in [3.8, 4) is 0 Å². The Balaban J connectivity index is 4.38. The van der Waals surface area contributed by atoms with Gasteiger partial charge in [-0.1, -0.05) is 173 Å². The van der Waals surface area contributed by atoms with Crippen molar-refractivity contribution >= 4 is 17.9 Å². The van der Waals surface area contributed by atoms with Crippen LogP contribution in [-0.2, 0) is 28.6 Å². The normalized spacial score (nSPS) is 12.3. The van der Waals surface area contributed by atoms with E-state index in [1.54, 1.807) is 0 Å². The van der Waals surface area contributed by atoms with Gasteiger partial charge in [0, 0.05) is 19.3 Å². The summed E-state index contributed by atoms with van der Waals surface area (Å²) in [5.41, 5.74) is 0. The molecule has 0 aromatic heterocycles. The van der Waals surface area contributed by atoms with E-state index in [-0.39, 0.29) is 31.1 Å². The smallest absolute Gasteiger partial charge is 0.306 e. The van der Waals surface area contributed by atoms with Crippen LogP contribution < -0.4 is 0 Å². The SMILES string of the molecule is CCCC/C=C\C/C=C\CCCCCCCC(=O)OCC(COC(=O)CCCCCCCCCCC)OC(=O)CCCCCCC/C=C\CCCC. The van der Waals surface area contributed by atoms with Gasteiger partial charge in [0.15, 0.2) is 6.10 Å². The highest BCUT2D eigenvalue weighted by molar-refractivity contribution is 5.71.